The van der Waals surface area contributed by atoms with Gasteiger partial charge in [0.25, 0.3) is 0 Å². The Morgan fingerprint density at radius 2 is 2.06 bits per heavy atom. The van der Waals surface area contributed by atoms with Crippen molar-refractivity contribution in [1.29, 1.82) is 0 Å². The van der Waals surface area contributed by atoms with E-state index in [4.69, 9.17) is 5.73 Å². The van der Waals surface area contributed by atoms with E-state index in [1.165, 1.54) is 35.7 Å². The van der Waals surface area contributed by atoms with E-state index in [9.17, 15) is 0 Å². The Kier molecular flexibility index (Phi) is 3.22. The minimum absolute atomic E-state index is 0. The van der Waals surface area contributed by atoms with Gasteiger partial charge in [-0.05, 0) is 47.9 Å². The van der Waals surface area contributed by atoms with Crippen molar-refractivity contribution in [1.82, 2.24) is 4.98 Å². The molecule has 1 aromatic heterocycles. The molecule has 1 aliphatic carbocycles. The summed E-state index contributed by atoms with van der Waals surface area (Å²) in [5, 5.41) is 1.27. The molecule has 1 saturated carbocycles. The molecule has 0 spiro atoms. The molecule has 1 heterocycles. The highest BCUT2D eigenvalue weighted by molar-refractivity contribution is 5.85. The maximum Gasteiger partial charge on any atom is 0.0454 e. The van der Waals surface area contributed by atoms with Crippen LogP contribution in [0.25, 0.3) is 10.9 Å². The molecule has 1 aromatic carbocycles. The SMILES string of the molecule is Cl.N[C@@H](c1ccc2[nH]ccc2c1)C1CCC1. The van der Waals surface area contributed by atoms with Crippen LogP contribution >= 0.6 is 12.4 Å². The average molecular weight is 237 g/mol. The molecule has 0 bridgehead atoms. The Hall–Kier alpha value is -0.990. The van der Waals surface area contributed by atoms with Crippen LogP contribution in [0.15, 0.2) is 30.5 Å². The fraction of sp³-hybridized carbons (Fsp3) is 0.385. The molecule has 0 aliphatic heterocycles. The summed E-state index contributed by atoms with van der Waals surface area (Å²) in [6.45, 7) is 0. The first kappa shape index (κ1) is 11.5. The standard InChI is InChI=1S/C13H16N2.ClH/c14-13(9-2-1-3-9)11-4-5-12-10(8-11)6-7-15-12;/h4-9,13,15H,1-3,14H2;1H/t13-;/m1./s1. The summed E-state index contributed by atoms with van der Waals surface area (Å²) < 4.78 is 0. The zero-order valence-electron chi connectivity index (χ0n) is 9.15. The van der Waals surface area contributed by atoms with Gasteiger partial charge in [0.1, 0.15) is 0 Å². The van der Waals surface area contributed by atoms with E-state index in [0.717, 1.165) is 0 Å². The number of nitrogens with one attached hydrogen (secondary N) is 1. The number of aromatic nitrogens is 1. The molecule has 0 amide bonds. The highest BCUT2D eigenvalue weighted by Crippen LogP contribution is 2.36. The van der Waals surface area contributed by atoms with E-state index < -0.39 is 0 Å². The number of H-pyrrole nitrogens is 1. The summed E-state index contributed by atoms with van der Waals surface area (Å²) in [4.78, 5) is 3.20. The Labute approximate surface area is 102 Å². The summed E-state index contributed by atoms with van der Waals surface area (Å²) >= 11 is 0. The Balaban J connectivity index is 0.000000963. The summed E-state index contributed by atoms with van der Waals surface area (Å²) in [5.74, 6) is 0.710. The molecule has 0 unspecified atom stereocenters. The van der Waals surface area contributed by atoms with Crippen molar-refractivity contribution in [3.63, 3.8) is 0 Å². The second-order valence-electron chi connectivity index (χ2n) is 4.54. The van der Waals surface area contributed by atoms with Gasteiger partial charge < -0.3 is 10.7 Å². The molecule has 3 N–H and O–H groups in total. The first-order valence-electron chi connectivity index (χ1n) is 5.67. The fourth-order valence-corrected chi connectivity index (χ4v) is 2.35. The van der Waals surface area contributed by atoms with Gasteiger partial charge in [-0.2, -0.15) is 0 Å². The number of hydrogen-bond acceptors (Lipinski definition) is 1. The first-order chi connectivity index (χ1) is 7.34. The quantitative estimate of drug-likeness (QED) is 0.825. The van der Waals surface area contributed by atoms with Crippen molar-refractivity contribution in [2.45, 2.75) is 25.3 Å². The van der Waals surface area contributed by atoms with Crippen LogP contribution in [-0.4, -0.2) is 4.98 Å². The molecule has 2 aromatic rings. The van der Waals surface area contributed by atoms with Gasteiger partial charge in [0.2, 0.25) is 0 Å². The molecule has 2 nitrogen and oxygen atoms in total. The van der Waals surface area contributed by atoms with Crippen molar-refractivity contribution >= 4 is 23.3 Å². The van der Waals surface area contributed by atoms with Crippen LogP contribution in [0.1, 0.15) is 30.9 Å². The van der Waals surface area contributed by atoms with E-state index in [2.05, 4.69) is 29.2 Å². The molecule has 1 fully saturated rings. The Bertz CT molecular complexity index is 473. The van der Waals surface area contributed by atoms with Crippen LogP contribution in [0.5, 0.6) is 0 Å². The van der Waals surface area contributed by atoms with Crippen LogP contribution in [-0.2, 0) is 0 Å². The minimum atomic E-state index is 0. The Morgan fingerprint density at radius 3 is 2.75 bits per heavy atom. The van der Waals surface area contributed by atoms with Crippen LogP contribution in [0, 0.1) is 5.92 Å². The van der Waals surface area contributed by atoms with Crippen LogP contribution in [0.3, 0.4) is 0 Å². The normalized spacial score (nSPS) is 17.8. The molecule has 86 valence electrons. The second kappa shape index (κ2) is 4.48. The van der Waals surface area contributed by atoms with Gasteiger partial charge in [-0.3, -0.25) is 0 Å². The topological polar surface area (TPSA) is 41.8 Å². The number of rotatable bonds is 2. The summed E-state index contributed by atoms with van der Waals surface area (Å²) in [5.41, 5.74) is 8.73. The Morgan fingerprint density at radius 1 is 1.25 bits per heavy atom. The van der Waals surface area contributed by atoms with Crippen molar-refractivity contribution in [2.24, 2.45) is 11.7 Å². The molecular weight excluding hydrogens is 220 g/mol. The highest BCUT2D eigenvalue weighted by atomic mass is 35.5. The van der Waals surface area contributed by atoms with Crippen LogP contribution < -0.4 is 5.73 Å². The van der Waals surface area contributed by atoms with Crippen molar-refractivity contribution in [3.8, 4) is 0 Å². The zero-order chi connectivity index (χ0) is 10.3. The van der Waals surface area contributed by atoms with E-state index in [0.29, 0.717) is 5.92 Å². The lowest BCUT2D eigenvalue weighted by atomic mass is 9.77. The maximum atomic E-state index is 6.25. The number of aromatic amines is 1. The first-order valence-corrected chi connectivity index (χ1v) is 5.67. The largest absolute Gasteiger partial charge is 0.361 e. The van der Waals surface area contributed by atoms with Gasteiger partial charge in [0.05, 0.1) is 0 Å². The van der Waals surface area contributed by atoms with E-state index in [1.54, 1.807) is 0 Å². The van der Waals surface area contributed by atoms with E-state index in [1.807, 2.05) is 6.20 Å². The van der Waals surface area contributed by atoms with Gasteiger partial charge in [0, 0.05) is 17.8 Å². The number of halogens is 1. The van der Waals surface area contributed by atoms with Crippen molar-refractivity contribution < 1.29 is 0 Å². The lowest BCUT2D eigenvalue weighted by Gasteiger charge is -2.31. The molecule has 3 rings (SSSR count). The number of fused-ring (bicyclic) bond motifs is 1. The van der Waals surface area contributed by atoms with Gasteiger partial charge in [-0.25, -0.2) is 0 Å². The minimum Gasteiger partial charge on any atom is -0.361 e. The van der Waals surface area contributed by atoms with Crippen LogP contribution in [0.4, 0.5) is 0 Å². The molecule has 0 radical (unpaired) electrons. The average Bonchev–Trinajstić information content (AvgIpc) is 2.61. The van der Waals surface area contributed by atoms with Crippen molar-refractivity contribution in [2.75, 3.05) is 0 Å². The third-order valence-corrected chi connectivity index (χ3v) is 3.62. The lowest BCUT2D eigenvalue weighted by molar-refractivity contribution is 0.264. The summed E-state index contributed by atoms with van der Waals surface area (Å²) in [6, 6.07) is 8.84. The highest BCUT2D eigenvalue weighted by Gasteiger charge is 2.25. The van der Waals surface area contributed by atoms with Crippen molar-refractivity contribution in [3.05, 3.63) is 36.0 Å². The molecular formula is C13H17ClN2. The lowest BCUT2D eigenvalue weighted by Crippen LogP contribution is -2.26. The predicted molar refractivity (Wildman–Crippen MR) is 69.8 cm³/mol. The van der Waals surface area contributed by atoms with E-state index in [-0.39, 0.29) is 18.4 Å². The third-order valence-electron chi connectivity index (χ3n) is 3.62. The molecule has 0 saturated heterocycles. The molecule has 1 atom stereocenters. The van der Waals surface area contributed by atoms with Gasteiger partial charge in [-0.1, -0.05) is 12.5 Å². The molecule has 16 heavy (non-hydrogen) atoms. The summed E-state index contributed by atoms with van der Waals surface area (Å²) in [6.07, 6.45) is 5.92. The third kappa shape index (κ3) is 1.83. The predicted octanol–water partition coefficient (Wildman–Crippen LogP) is 3.39. The van der Waals surface area contributed by atoms with Gasteiger partial charge in [-0.15, -0.1) is 12.4 Å². The van der Waals surface area contributed by atoms with E-state index >= 15 is 0 Å². The van der Waals surface area contributed by atoms with Gasteiger partial charge in [0.15, 0.2) is 0 Å². The smallest absolute Gasteiger partial charge is 0.0454 e. The fourth-order valence-electron chi connectivity index (χ4n) is 2.35. The molecule has 1 aliphatic rings. The number of benzene rings is 1. The second-order valence-corrected chi connectivity index (χ2v) is 4.54. The zero-order valence-corrected chi connectivity index (χ0v) is 9.96. The van der Waals surface area contributed by atoms with Gasteiger partial charge >= 0.3 is 0 Å². The monoisotopic (exact) mass is 236 g/mol. The number of hydrogen-bond donors (Lipinski definition) is 2. The maximum absolute atomic E-state index is 6.25. The summed E-state index contributed by atoms with van der Waals surface area (Å²) in [7, 11) is 0. The molecule has 3 heteroatoms. The van der Waals surface area contributed by atoms with Crippen LogP contribution in [0.2, 0.25) is 0 Å². The number of nitrogens with two attached hydrogens (primary N) is 1.